The molecule has 0 saturated heterocycles. The number of halogens is 2. The van der Waals surface area contributed by atoms with E-state index in [2.05, 4.69) is 77.8 Å². The smallest absolute Gasteiger partial charge is 0.115 e. The van der Waals surface area contributed by atoms with E-state index < -0.39 is 0 Å². The van der Waals surface area contributed by atoms with E-state index in [0.29, 0.717) is 35.2 Å². The van der Waals surface area contributed by atoms with Crippen molar-refractivity contribution in [2.24, 2.45) is 11.8 Å². The average Bonchev–Trinajstić information content (AvgIpc) is 2.68. The van der Waals surface area contributed by atoms with Crippen molar-refractivity contribution >= 4 is 24.8 Å². The van der Waals surface area contributed by atoms with E-state index >= 15 is 0 Å². The van der Waals surface area contributed by atoms with Crippen LogP contribution < -0.4 is 0 Å². The van der Waals surface area contributed by atoms with Crippen LogP contribution in [-0.2, 0) is 0 Å². The highest BCUT2D eigenvalue weighted by Crippen LogP contribution is 2.31. The molecule has 0 radical (unpaired) electrons. The maximum Gasteiger partial charge on any atom is 0.115 e. The quantitative estimate of drug-likeness (QED) is 0.314. The molecule has 0 unspecified atom stereocenters. The minimum atomic E-state index is 0. The summed E-state index contributed by atoms with van der Waals surface area (Å²) in [7, 11) is 8.41. The van der Waals surface area contributed by atoms with Gasteiger partial charge in [-0.2, -0.15) is 0 Å². The molecule has 0 aromatic heterocycles. The molecule has 6 heteroatoms. The molecule has 0 spiro atoms. The molecule has 2 N–H and O–H groups in total. The van der Waals surface area contributed by atoms with E-state index in [0.717, 1.165) is 25.9 Å². The molecule has 0 aliphatic heterocycles. The Morgan fingerprint density at radius 3 is 1.17 bits per heavy atom. The Balaban J connectivity index is -0.000000256. The summed E-state index contributed by atoms with van der Waals surface area (Å²) in [6.07, 6.45) is 2.22. The van der Waals surface area contributed by atoms with Crippen LogP contribution in [0, 0.1) is 11.8 Å². The summed E-state index contributed by atoms with van der Waals surface area (Å²) < 4.78 is 0. The Kier molecular flexibility index (Phi) is 25.0. The first-order valence-electron chi connectivity index (χ1n) is 12.0. The van der Waals surface area contributed by atoms with Crippen molar-refractivity contribution in [3.05, 3.63) is 59.7 Å². The van der Waals surface area contributed by atoms with E-state index in [1.807, 2.05) is 24.3 Å². The molecule has 212 valence electrons. The van der Waals surface area contributed by atoms with Gasteiger partial charge in [-0.05, 0) is 100 Å². The largest absolute Gasteiger partial charge is 0.508 e. The highest BCUT2D eigenvalue weighted by Gasteiger charge is 2.19. The Bertz CT molecular complexity index is 722. The van der Waals surface area contributed by atoms with Crippen LogP contribution in [-0.4, -0.2) is 61.3 Å². The van der Waals surface area contributed by atoms with Gasteiger partial charge in [-0.25, -0.2) is 0 Å². The second kappa shape index (κ2) is 21.6. The highest BCUT2D eigenvalue weighted by molar-refractivity contribution is 5.85. The van der Waals surface area contributed by atoms with Gasteiger partial charge in [0.15, 0.2) is 0 Å². The van der Waals surface area contributed by atoms with Crippen LogP contribution in [0.1, 0.15) is 78.4 Å². The van der Waals surface area contributed by atoms with Gasteiger partial charge in [0, 0.05) is 13.1 Å². The summed E-state index contributed by atoms with van der Waals surface area (Å²) in [6.45, 7) is 11.1. The van der Waals surface area contributed by atoms with Gasteiger partial charge in [-0.1, -0.05) is 66.8 Å². The average molecular weight is 548 g/mol. The van der Waals surface area contributed by atoms with E-state index in [1.165, 1.54) is 11.1 Å². The summed E-state index contributed by atoms with van der Waals surface area (Å²) in [4.78, 5) is 4.44. The third-order valence-electron chi connectivity index (χ3n) is 6.16. The van der Waals surface area contributed by atoms with E-state index in [-0.39, 0.29) is 39.7 Å². The van der Waals surface area contributed by atoms with E-state index in [4.69, 9.17) is 0 Å². The molecule has 0 aliphatic carbocycles. The minimum absolute atomic E-state index is 0. The van der Waals surface area contributed by atoms with Gasteiger partial charge in [0.05, 0.1) is 0 Å². The van der Waals surface area contributed by atoms with Crippen molar-refractivity contribution in [2.75, 3.05) is 41.3 Å². The van der Waals surface area contributed by atoms with Gasteiger partial charge in [-0.15, -0.1) is 24.8 Å². The molecule has 36 heavy (non-hydrogen) atoms. The molecule has 2 aromatic rings. The molecule has 0 saturated carbocycles. The minimum Gasteiger partial charge on any atom is -0.508 e. The summed E-state index contributed by atoms with van der Waals surface area (Å²) >= 11 is 0. The van der Waals surface area contributed by atoms with Gasteiger partial charge < -0.3 is 20.0 Å². The zero-order valence-electron chi connectivity index (χ0n) is 22.4. The number of nitrogens with zero attached hydrogens (tertiary/aromatic N) is 2. The van der Waals surface area contributed by atoms with Crippen molar-refractivity contribution in [1.29, 1.82) is 0 Å². The normalized spacial score (nSPS) is 13.4. The van der Waals surface area contributed by atoms with Gasteiger partial charge >= 0.3 is 0 Å². The lowest BCUT2D eigenvalue weighted by molar-refractivity contribution is 0.301. The molecule has 0 heterocycles. The predicted octanol–water partition coefficient (Wildman–Crippen LogP) is 8.28. The number of hydrogen-bond donors (Lipinski definition) is 2. The van der Waals surface area contributed by atoms with Crippen molar-refractivity contribution < 1.29 is 10.2 Å². The molecule has 0 fully saturated rings. The summed E-state index contributed by atoms with van der Waals surface area (Å²) in [5, 5.41) is 19.0. The number of phenols is 2. The molecule has 4 nitrogen and oxygen atoms in total. The van der Waals surface area contributed by atoms with Crippen molar-refractivity contribution in [1.82, 2.24) is 9.80 Å². The number of hydrogen-bond acceptors (Lipinski definition) is 4. The molecule has 0 bridgehead atoms. The molecular formula is C30H56Cl2N2O2. The standard InChI is InChI=1S/2C14H23NO.2CH4.2ClH/c2*1-5-14(11(2)10-15(3)4)12-7-6-8-13(16)9-12;;;;/h2*6-9,11,14,16H,5,10H2,1-4H3;2*1H4;2*1H/t2*11-,14+;;;;/m00..../s1. The summed E-state index contributed by atoms with van der Waals surface area (Å²) in [6, 6.07) is 15.3. The van der Waals surface area contributed by atoms with E-state index in [1.54, 1.807) is 12.1 Å². The molecule has 0 aliphatic rings. The van der Waals surface area contributed by atoms with Crippen LogP contribution >= 0.6 is 24.8 Å². The molecule has 4 atom stereocenters. The van der Waals surface area contributed by atoms with E-state index in [9.17, 15) is 10.2 Å². The lowest BCUT2D eigenvalue weighted by atomic mass is 9.85. The fraction of sp³-hybridized carbons (Fsp3) is 0.600. The number of benzene rings is 2. The second-order valence-electron chi connectivity index (χ2n) is 9.70. The Morgan fingerprint density at radius 2 is 0.944 bits per heavy atom. The number of aromatic hydroxyl groups is 2. The topological polar surface area (TPSA) is 46.9 Å². The highest BCUT2D eigenvalue weighted by atomic mass is 35.5. The zero-order chi connectivity index (χ0) is 24.3. The van der Waals surface area contributed by atoms with Crippen LogP contribution in [0.25, 0.3) is 0 Å². The fourth-order valence-electron chi connectivity index (χ4n) is 4.85. The lowest BCUT2D eigenvalue weighted by Gasteiger charge is -2.26. The predicted molar refractivity (Wildman–Crippen MR) is 166 cm³/mol. The first kappa shape index (κ1) is 41.7. The molecule has 2 aromatic carbocycles. The van der Waals surface area contributed by atoms with Gasteiger partial charge in [0.2, 0.25) is 0 Å². The number of rotatable bonds is 10. The van der Waals surface area contributed by atoms with Crippen molar-refractivity contribution in [3.8, 4) is 11.5 Å². The first-order valence-corrected chi connectivity index (χ1v) is 12.0. The first-order chi connectivity index (χ1) is 15.1. The van der Waals surface area contributed by atoms with Gasteiger partial charge in [-0.3, -0.25) is 0 Å². The van der Waals surface area contributed by atoms with Crippen LogP contribution in [0.4, 0.5) is 0 Å². The summed E-state index contributed by atoms with van der Waals surface area (Å²) in [5.41, 5.74) is 2.49. The molecule has 0 amide bonds. The summed E-state index contributed by atoms with van der Waals surface area (Å²) in [5.74, 6) is 2.98. The Labute approximate surface area is 235 Å². The van der Waals surface area contributed by atoms with Crippen LogP contribution in [0.3, 0.4) is 0 Å². The van der Waals surface area contributed by atoms with Crippen LogP contribution in [0.15, 0.2) is 48.5 Å². The molecule has 2 rings (SSSR count). The maximum atomic E-state index is 9.51. The van der Waals surface area contributed by atoms with Crippen molar-refractivity contribution in [3.63, 3.8) is 0 Å². The van der Waals surface area contributed by atoms with Gasteiger partial charge in [0.25, 0.3) is 0 Å². The SMILES string of the molecule is C.C.CC[C@@H](c1cccc(O)c1)[C@@H](C)CN(C)C.CC[C@@H](c1cccc(O)c1)[C@@H](C)CN(C)C.Cl.Cl. The lowest BCUT2D eigenvalue weighted by Crippen LogP contribution is -2.24. The van der Waals surface area contributed by atoms with Crippen LogP contribution in [0.2, 0.25) is 0 Å². The third-order valence-corrected chi connectivity index (χ3v) is 6.16. The molecular weight excluding hydrogens is 491 g/mol. The second-order valence-corrected chi connectivity index (χ2v) is 9.70. The maximum absolute atomic E-state index is 9.51. The van der Waals surface area contributed by atoms with Crippen LogP contribution in [0.5, 0.6) is 11.5 Å². The van der Waals surface area contributed by atoms with Crippen molar-refractivity contribution in [2.45, 2.75) is 67.2 Å². The fourth-order valence-corrected chi connectivity index (χ4v) is 4.85. The Hall–Kier alpha value is -1.46. The zero-order valence-corrected chi connectivity index (χ0v) is 24.0. The Morgan fingerprint density at radius 1 is 0.639 bits per heavy atom. The third kappa shape index (κ3) is 14.9. The van der Waals surface area contributed by atoms with Gasteiger partial charge in [0.1, 0.15) is 11.5 Å². The number of phenolic OH excluding ortho intramolecular Hbond substituents is 2. The monoisotopic (exact) mass is 546 g/mol.